The van der Waals surface area contributed by atoms with Crippen LogP contribution in [0.25, 0.3) is 16.9 Å². The van der Waals surface area contributed by atoms with Crippen molar-refractivity contribution in [3.05, 3.63) is 48.8 Å². The molecule has 4 heterocycles. The van der Waals surface area contributed by atoms with Gasteiger partial charge in [-0.25, -0.2) is 9.97 Å². The van der Waals surface area contributed by atoms with Crippen molar-refractivity contribution in [1.82, 2.24) is 34.3 Å². The second-order valence-corrected chi connectivity index (χ2v) is 6.65. The fourth-order valence-corrected chi connectivity index (χ4v) is 2.80. The van der Waals surface area contributed by atoms with Gasteiger partial charge in [-0.3, -0.25) is 9.08 Å². The molecule has 0 aliphatic heterocycles. The minimum Gasteiger partial charge on any atom is -0.321 e. The SMILES string of the molecule is CC(C)Cc1nnc2cc(-c3ccnc(Nc4cnn(C)c4)n3)ccn12. The average molecular weight is 348 g/mol. The van der Waals surface area contributed by atoms with E-state index in [9.17, 15) is 0 Å². The van der Waals surface area contributed by atoms with Crippen LogP contribution in [0.3, 0.4) is 0 Å². The molecule has 0 radical (unpaired) electrons. The zero-order valence-corrected chi connectivity index (χ0v) is 15.0. The molecule has 8 nitrogen and oxygen atoms in total. The van der Waals surface area contributed by atoms with E-state index in [-0.39, 0.29) is 0 Å². The number of hydrogen-bond acceptors (Lipinski definition) is 6. The van der Waals surface area contributed by atoms with Crippen LogP contribution in [0.1, 0.15) is 19.7 Å². The summed E-state index contributed by atoms with van der Waals surface area (Å²) in [6, 6.07) is 5.90. The number of aryl methyl sites for hydroxylation is 1. The Labute approximate surface area is 150 Å². The Bertz CT molecular complexity index is 1050. The van der Waals surface area contributed by atoms with Crippen LogP contribution in [0, 0.1) is 5.92 Å². The lowest BCUT2D eigenvalue weighted by Gasteiger charge is -2.06. The summed E-state index contributed by atoms with van der Waals surface area (Å²) in [5.74, 6) is 2.03. The lowest BCUT2D eigenvalue weighted by Crippen LogP contribution is -2.00. The van der Waals surface area contributed by atoms with Gasteiger partial charge in [0.15, 0.2) is 5.65 Å². The van der Waals surface area contributed by atoms with Crippen molar-refractivity contribution in [2.24, 2.45) is 13.0 Å². The first-order chi connectivity index (χ1) is 12.6. The maximum Gasteiger partial charge on any atom is 0.227 e. The van der Waals surface area contributed by atoms with Gasteiger partial charge in [0.25, 0.3) is 0 Å². The molecular weight excluding hydrogens is 328 g/mol. The van der Waals surface area contributed by atoms with Crippen LogP contribution in [0.2, 0.25) is 0 Å². The quantitative estimate of drug-likeness (QED) is 0.597. The van der Waals surface area contributed by atoms with Crippen LogP contribution in [0.15, 0.2) is 43.0 Å². The molecule has 4 rings (SSSR count). The number of nitrogens with one attached hydrogen (secondary N) is 1. The molecule has 0 aromatic carbocycles. The molecule has 0 aliphatic rings. The second kappa shape index (κ2) is 6.55. The Kier molecular flexibility index (Phi) is 4.08. The molecule has 0 atom stereocenters. The van der Waals surface area contributed by atoms with Gasteiger partial charge >= 0.3 is 0 Å². The van der Waals surface area contributed by atoms with Crippen LogP contribution >= 0.6 is 0 Å². The van der Waals surface area contributed by atoms with E-state index in [1.165, 1.54) is 0 Å². The molecule has 0 aliphatic carbocycles. The van der Waals surface area contributed by atoms with Crippen LogP contribution in [-0.4, -0.2) is 34.3 Å². The molecule has 0 fully saturated rings. The first kappa shape index (κ1) is 16.2. The first-order valence-electron chi connectivity index (χ1n) is 8.51. The summed E-state index contributed by atoms with van der Waals surface area (Å²) in [6.07, 6.45) is 8.23. The fourth-order valence-electron chi connectivity index (χ4n) is 2.80. The molecule has 0 amide bonds. The van der Waals surface area contributed by atoms with E-state index in [2.05, 4.69) is 44.4 Å². The first-order valence-corrected chi connectivity index (χ1v) is 8.51. The number of pyridine rings is 1. The van der Waals surface area contributed by atoms with Crippen molar-refractivity contribution >= 4 is 17.3 Å². The average Bonchev–Trinajstić information content (AvgIpc) is 3.20. The topological polar surface area (TPSA) is 85.8 Å². The van der Waals surface area contributed by atoms with Gasteiger partial charge in [-0.2, -0.15) is 5.10 Å². The van der Waals surface area contributed by atoms with Crippen LogP contribution in [-0.2, 0) is 13.5 Å². The summed E-state index contributed by atoms with van der Waals surface area (Å²) >= 11 is 0. The van der Waals surface area contributed by atoms with Crippen molar-refractivity contribution in [3.63, 3.8) is 0 Å². The Balaban J connectivity index is 1.63. The third-order valence-electron chi connectivity index (χ3n) is 3.98. The summed E-state index contributed by atoms with van der Waals surface area (Å²) in [4.78, 5) is 8.87. The fraction of sp³-hybridized carbons (Fsp3) is 0.278. The summed E-state index contributed by atoms with van der Waals surface area (Å²) in [7, 11) is 1.86. The van der Waals surface area contributed by atoms with Crippen molar-refractivity contribution in [3.8, 4) is 11.3 Å². The third-order valence-corrected chi connectivity index (χ3v) is 3.98. The predicted molar refractivity (Wildman–Crippen MR) is 99.0 cm³/mol. The number of fused-ring (bicyclic) bond motifs is 1. The number of aromatic nitrogens is 7. The van der Waals surface area contributed by atoms with E-state index < -0.39 is 0 Å². The monoisotopic (exact) mass is 348 g/mol. The summed E-state index contributed by atoms with van der Waals surface area (Å²) in [6.45, 7) is 4.35. The Morgan fingerprint density at radius 3 is 2.85 bits per heavy atom. The smallest absolute Gasteiger partial charge is 0.227 e. The molecule has 0 unspecified atom stereocenters. The number of anilines is 2. The zero-order chi connectivity index (χ0) is 18.1. The lowest BCUT2D eigenvalue weighted by molar-refractivity contribution is 0.616. The van der Waals surface area contributed by atoms with Crippen molar-refractivity contribution < 1.29 is 0 Å². The largest absolute Gasteiger partial charge is 0.321 e. The van der Waals surface area contributed by atoms with E-state index in [0.717, 1.165) is 34.8 Å². The molecular formula is C18H20N8. The van der Waals surface area contributed by atoms with Gasteiger partial charge in [0, 0.05) is 37.6 Å². The third kappa shape index (κ3) is 3.26. The van der Waals surface area contributed by atoms with E-state index >= 15 is 0 Å². The molecule has 4 aromatic rings. The highest BCUT2D eigenvalue weighted by Crippen LogP contribution is 2.21. The van der Waals surface area contributed by atoms with Gasteiger partial charge in [0.05, 0.1) is 17.6 Å². The highest BCUT2D eigenvalue weighted by atomic mass is 15.3. The standard InChI is InChI=1S/C18H20N8/c1-12(2)8-16-23-24-17-9-13(5-7-26(16)17)15-4-6-19-18(22-15)21-14-10-20-25(3)11-14/h4-7,9-12H,8H2,1-3H3,(H,19,21,22). The Morgan fingerprint density at radius 2 is 2.08 bits per heavy atom. The number of hydrogen-bond donors (Lipinski definition) is 1. The Morgan fingerprint density at radius 1 is 1.19 bits per heavy atom. The van der Waals surface area contributed by atoms with Crippen molar-refractivity contribution in [2.75, 3.05) is 5.32 Å². The maximum absolute atomic E-state index is 4.59. The molecule has 0 saturated carbocycles. The van der Waals surface area contributed by atoms with Gasteiger partial charge < -0.3 is 5.32 Å². The van der Waals surface area contributed by atoms with Crippen LogP contribution < -0.4 is 5.32 Å². The molecule has 0 bridgehead atoms. The molecule has 0 spiro atoms. The zero-order valence-electron chi connectivity index (χ0n) is 15.0. The number of nitrogens with zero attached hydrogens (tertiary/aromatic N) is 7. The highest BCUT2D eigenvalue weighted by molar-refractivity contribution is 5.65. The number of rotatable bonds is 5. The second-order valence-electron chi connectivity index (χ2n) is 6.65. The Hall–Kier alpha value is -3.29. The summed E-state index contributed by atoms with van der Waals surface area (Å²) in [5, 5.41) is 15.9. The van der Waals surface area contributed by atoms with Gasteiger partial charge in [0.2, 0.25) is 5.95 Å². The molecule has 1 N–H and O–H groups in total. The van der Waals surface area contributed by atoms with E-state index in [0.29, 0.717) is 11.9 Å². The lowest BCUT2D eigenvalue weighted by atomic mass is 10.1. The minimum absolute atomic E-state index is 0.525. The highest BCUT2D eigenvalue weighted by Gasteiger charge is 2.10. The minimum atomic E-state index is 0.525. The summed E-state index contributed by atoms with van der Waals surface area (Å²) < 4.78 is 3.75. The maximum atomic E-state index is 4.59. The molecule has 132 valence electrons. The van der Waals surface area contributed by atoms with Crippen LogP contribution in [0.4, 0.5) is 11.6 Å². The van der Waals surface area contributed by atoms with Gasteiger partial charge in [-0.1, -0.05) is 13.8 Å². The van der Waals surface area contributed by atoms with Gasteiger partial charge in [0.1, 0.15) is 5.82 Å². The normalized spacial score (nSPS) is 11.4. The molecule has 0 saturated heterocycles. The van der Waals surface area contributed by atoms with E-state index in [1.54, 1.807) is 17.1 Å². The molecule has 26 heavy (non-hydrogen) atoms. The van der Waals surface area contributed by atoms with Gasteiger partial charge in [-0.05, 0) is 24.1 Å². The predicted octanol–water partition coefficient (Wildman–Crippen LogP) is 2.86. The molecule has 8 heteroatoms. The van der Waals surface area contributed by atoms with Gasteiger partial charge in [-0.15, -0.1) is 10.2 Å². The summed E-state index contributed by atoms with van der Waals surface area (Å²) in [5.41, 5.74) is 3.45. The molecule has 4 aromatic heterocycles. The van der Waals surface area contributed by atoms with E-state index in [4.69, 9.17) is 0 Å². The van der Waals surface area contributed by atoms with Crippen molar-refractivity contribution in [1.29, 1.82) is 0 Å². The van der Waals surface area contributed by atoms with E-state index in [1.807, 2.05) is 42.0 Å². The van der Waals surface area contributed by atoms with Crippen molar-refractivity contribution in [2.45, 2.75) is 20.3 Å². The van der Waals surface area contributed by atoms with Crippen LogP contribution in [0.5, 0.6) is 0 Å².